The Balaban J connectivity index is 2.61. The summed E-state index contributed by atoms with van der Waals surface area (Å²) < 4.78 is 5.83. The van der Waals surface area contributed by atoms with Crippen molar-refractivity contribution >= 4 is 0 Å². The van der Waals surface area contributed by atoms with Crippen LogP contribution in [0.25, 0.3) is 0 Å². The predicted octanol–water partition coefficient (Wildman–Crippen LogP) is 3.18. The van der Waals surface area contributed by atoms with Crippen LogP contribution in [0, 0.1) is 12.8 Å². The Labute approximate surface area is 112 Å². The van der Waals surface area contributed by atoms with Gasteiger partial charge in [0.05, 0.1) is 6.54 Å². The summed E-state index contributed by atoms with van der Waals surface area (Å²) in [6, 6.07) is 2.19. The molecule has 104 valence electrons. The van der Waals surface area contributed by atoms with E-state index in [0.29, 0.717) is 0 Å². The van der Waals surface area contributed by atoms with Crippen molar-refractivity contribution in [2.24, 2.45) is 5.92 Å². The summed E-state index contributed by atoms with van der Waals surface area (Å²) >= 11 is 0. The van der Waals surface area contributed by atoms with Crippen LogP contribution in [0.1, 0.15) is 44.3 Å². The molecule has 0 radical (unpaired) electrons. The summed E-state index contributed by atoms with van der Waals surface area (Å²) in [5, 5.41) is 3.17. The summed E-state index contributed by atoms with van der Waals surface area (Å²) in [5.41, 5.74) is 1.27. The van der Waals surface area contributed by atoms with Gasteiger partial charge in [-0.05, 0) is 32.5 Å². The van der Waals surface area contributed by atoms with Crippen LogP contribution in [-0.4, -0.2) is 25.0 Å². The highest BCUT2D eigenvalue weighted by Crippen LogP contribution is 2.17. The first kappa shape index (κ1) is 15.3. The Morgan fingerprint density at radius 1 is 1.39 bits per heavy atom. The van der Waals surface area contributed by atoms with Gasteiger partial charge in [0, 0.05) is 18.7 Å². The molecule has 1 atom stereocenters. The fourth-order valence-corrected chi connectivity index (χ4v) is 2.13. The molecular weight excluding hydrogens is 224 g/mol. The molecule has 0 spiro atoms. The molecule has 0 saturated heterocycles. The van der Waals surface area contributed by atoms with Crippen LogP contribution >= 0.6 is 0 Å². The van der Waals surface area contributed by atoms with E-state index in [1.165, 1.54) is 12.0 Å². The third-order valence-corrected chi connectivity index (χ3v) is 3.53. The van der Waals surface area contributed by atoms with Gasteiger partial charge in [-0.1, -0.05) is 27.2 Å². The van der Waals surface area contributed by atoms with Gasteiger partial charge in [0.15, 0.2) is 0 Å². The zero-order valence-corrected chi connectivity index (χ0v) is 12.5. The lowest BCUT2D eigenvalue weighted by Crippen LogP contribution is -2.27. The number of hydrogen-bond donors (Lipinski definition) is 1. The van der Waals surface area contributed by atoms with Gasteiger partial charge in [0.1, 0.15) is 11.5 Å². The number of nitrogens with zero attached hydrogens (tertiary/aromatic N) is 1. The third kappa shape index (κ3) is 4.46. The van der Waals surface area contributed by atoms with Crippen molar-refractivity contribution in [1.29, 1.82) is 0 Å². The lowest BCUT2D eigenvalue weighted by molar-refractivity contribution is 0.219. The van der Waals surface area contributed by atoms with Crippen LogP contribution < -0.4 is 5.32 Å². The lowest BCUT2D eigenvalue weighted by atomic mass is 10.1. The van der Waals surface area contributed by atoms with E-state index in [2.05, 4.69) is 37.1 Å². The first-order chi connectivity index (χ1) is 8.60. The summed E-state index contributed by atoms with van der Waals surface area (Å²) in [5.74, 6) is 2.87. The maximum Gasteiger partial charge on any atom is 0.118 e. The zero-order chi connectivity index (χ0) is 13.5. The van der Waals surface area contributed by atoms with Crippen molar-refractivity contribution in [1.82, 2.24) is 10.2 Å². The molecule has 3 nitrogen and oxygen atoms in total. The normalized spacial score (nSPS) is 13.2. The molecular formula is C15H28N2O. The van der Waals surface area contributed by atoms with Gasteiger partial charge in [-0.25, -0.2) is 0 Å². The van der Waals surface area contributed by atoms with Gasteiger partial charge >= 0.3 is 0 Å². The van der Waals surface area contributed by atoms with Crippen LogP contribution in [0.3, 0.4) is 0 Å². The van der Waals surface area contributed by atoms with Gasteiger partial charge in [-0.2, -0.15) is 0 Å². The number of aryl methyl sites for hydroxylation is 1. The smallest absolute Gasteiger partial charge is 0.118 e. The molecule has 0 saturated carbocycles. The molecule has 1 N–H and O–H groups in total. The molecule has 3 heteroatoms. The van der Waals surface area contributed by atoms with E-state index < -0.39 is 0 Å². The molecule has 1 unspecified atom stereocenters. The Kier molecular flexibility index (Phi) is 6.44. The van der Waals surface area contributed by atoms with E-state index in [4.69, 9.17) is 4.42 Å². The van der Waals surface area contributed by atoms with Crippen LogP contribution in [0.4, 0.5) is 0 Å². The molecule has 0 aliphatic carbocycles. The topological polar surface area (TPSA) is 28.4 Å². The molecule has 0 aromatic carbocycles. The summed E-state index contributed by atoms with van der Waals surface area (Å²) in [6.45, 7) is 12.8. The average Bonchev–Trinajstić information content (AvgIpc) is 2.69. The minimum absolute atomic E-state index is 0.748. The second-order valence-electron chi connectivity index (χ2n) is 5.17. The van der Waals surface area contributed by atoms with Crippen molar-refractivity contribution in [2.45, 2.75) is 47.2 Å². The maximum atomic E-state index is 5.83. The van der Waals surface area contributed by atoms with E-state index >= 15 is 0 Å². The second kappa shape index (κ2) is 7.59. The first-order valence-corrected chi connectivity index (χ1v) is 7.05. The van der Waals surface area contributed by atoms with Crippen LogP contribution in [-0.2, 0) is 13.1 Å². The maximum absolute atomic E-state index is 5.83. The molecule has 18 heavy (non-hydrogen) atoms. The van der Waals surface area contributed by atoms with Crippen LogP contribution in [0.15, 0.2) is 10.5 Å². The van der Waals surface area contributed by atoms with Crippen molar-refractivity contribution in [3.05, 3.63) is 23.2 Å². The molecule has 1 aromatic rings. The van der Waals surface area contributed by atoms with Crippen molar-refractivity contribution in [3.8, 4) is 0 Å². The van der Waals surface area contributed by atoms with E-state index in [1.807, 2.05) is 14.0 Å². The number of nitrogens with one attached hydrogen (secondary N) is 1. The van der Waals surface area contributed by atoms with Crippen molar-refractivity contribution in [2.75, 3.05) is 20.1 Å². The zero-order valence-electron chi connectivity index (χ0n) is 12.5. The molecule has 0 bridgehead atoms. The van der Waals surface area contributed by atoms with E-state index in [9.17, 15) is 0 Å². The Bertz CT molecular complexity index is 346. The number of rotatable bonds is 8. The number of hydrogen-bond acceptors (Lipinski definition) is 3. The summed E-state index contributed by atoms with van der Waals surface area (Å²) in [6.07, 6.45) is 1.23. The minimum Gasteiger partial charge on any atom is -0.465 e. The Morgan fingerprint density at radius 3 is 2.67 bits per heavy atom. The molecule has 1 rings (SSSR count). The molecule has 0 aliphatic heterocycles. The summed E-state index contributed by atoms with van der Waals surface area (Å²) in [7, 11) is 1.97. The molecule has 0 fully saturated rings. The standard InChI is InChI=1S/C15H28N2O/c1-6-12(3)10-17(7-2)11-15-8-14(9-16-5)13(4)18-15/h8,12,16H,6-7,9-11H2,1-5H3. The van der Waals surface area contributed by atoms with E-state index in [0.717, 1.165) is 43.6 Å². The fourth-order valence-electron chi connectivity index (χ4n) is 2.13. The van der Waals surface area contributed by atoms with E-state index in [-0.39, 0.29) is 0 Å². The fraction of sp³-hybridized carbons (Fsp3) is 0.733. The summed E-state index contributed by atoms with van der Waals surface area (Å²) in [4.78, 5) is 2.45. The van der Waals surface area contributed by atoms with Crippen molar-refractivity contribution in [3.63, 3.8) is 0 Å². The molecule has 0 amide bonds. The molecule has 1 aromatic heterocycles. The molecule has 1 heterocycles. The van der Waals surface area contributed by atoms with Crippen molar-refractivity contribution < 1.29 is 4.42 Å². The Morgan fingerprint density at radius 2 is 2.11 bits per heavy atom. The first-order valence-electron chi connectivity index (χ1n) is 7.05. The third-order valence-electron chi connectivity index (χ3n) is 3.53. The predicted molar refractivity (Wildman–Crippen MR) is 76.6 cm³/mol. The minimum atomic E-state index is 0.748. The number of furan rings is 1. The highest BCUT2D eigenvalue weighted by Gasteiger charge is 2.12. The van der Waals surface area contributed by atoms with Gasteiger partial charge in [0.2, 0.25) is 0 Å². The van der Waals surface area contributed by atoms with Gasteiger partial charge in [0.25, 0.3) is 0 Å². The molecule has 0 aliphatic rings. The van der Waals surface area contributed by atoms with E-state index in [1.54, 1.807) is 0 Å². The average molecular weight is 252 g/mol. The van der Waals surface area contributed by atoms with Gasteiger partial charge in [-0.15, -0.1) is 0 Å². The lowest BCUT2D eigenvalue weighted by Gasteiger charge is -2.22. The highest BCUT2D eigenvalue weighted by molar-refractivity contribution is 5.20. The SMILES string of the molecule is CCC(C)CN(CC)Cc1cc(CNC)c(C)o1. The van der Waals surface area contributed by atoms with Crippen LogP contribution in [0.2, 0.25) is 0 Å². The second-order valence-corrected chi connectivity index (χ2v) is 5.17. The van der Waals surface area contributed by atoms with Gasteiger partial charge < -0.3 is 9.73 Å². The Hall–Kier alpha value is -0.800. The van der Waals surface area contributed by atoms with Crippen LogP contribution in [0.5, 0.6) is 0 Å². The monoisotopic (exact) mass is 252 g/mol. The largest absolute Gasteiger partial charge is 0.465 e. The highest BCUT2D eigenvalue weighted by atomic mass is 16.3. The quantitative estimate of drug-likeness (QED) is 0.770. The van der Waals surface area contributed by atoms with Gasteiger partial charge in [-0.3, -0.25) is 4.90 Å².